The predicted octanol–water partition coefficient (Wildman–Crippen LogP) is 4.35. The lowest BCUT2D eigenvalue weighted by Gasteiger charge is -2.12. The second-order valence-corrected chi connectivity index (χ2v) is 5.37. The molecule has 0 fully saturated rings. The Balaban J connectivity index is 2.02. The Bertz CT molecular complexity index is 674. The Morgan fingerprint density at radius 1 is 1.21 bits per heavy atom. The number of halogens is 1. The highest BCUT2D eigenvalue weighted by Gasteiger charge is 2.10. The van der Waals surface area contributed by atoms with Gasteiger partial charge in [-0.05, 0) is 17.9 Å². The first kappa shape index (κ1) is 12.4. The van der Waals surface area contributed by atoms with E-state index in [-0.39, 0.29) is 0 Å². The number of benzene rings is 1. The zero-order valence-corrected chi connectivity index (χ0v) is 11.6. The molecule has 3 rings (SSSR count). The summed E-state index contributed by atoms with van der Waals surface area (Å²) in [5, 5.41) is 10.9. The van der Waals surface area contributed by atoms with Gasteiger partial charge in [-0.25, -0.2) is 0 Å². The molecule has 0 saturated carbocycles. The molecule has 96 valence electrons. The van der Waals surface area contributed by atoms with E-state index in [1.165, 1.54) is 5.57 Å². The second-order valence-electron chi connectivity index (χ2n) is 5.02. The summed E-state index contributed by atoms with van der Waals surface area (Å²) < 4.78 is 0. The van der Waals surface area contributed by atoms with E-state index in [1.807, 2.05) is 18.2 Å². The summed E-state index contributed by atoms with van der Waals surface area (Å²) in [6.07, 6.45) is 8.66. The fraction of sp³-hybridized carbons (Fsp3) is 0.250. The molecule has 0 spiro atoms. The van der Waals surface area contributed by atoms with Crippen LogP contribution in [0, 0.1) is 5.92 Å². The van der Waals surface area contributed by atoms with Crippen molar-refractivity contribution in [3.63, 3.8) is 0 Å². The summed E-state index contributed by atoms with van der Waals surface area (Å²) in [5.41, 5.74) is 2.30. The van der Waals surface area contributed by atoms with Gasteiger partial charge in [-0.3, -0.25) is 0 Å². The first-order valence-electron chi connectivity index (χ1n) is 6.51. The smallest absolute Gasteiger partial charge is 0.153 e. The quantitative estimate of drug-likeness (QED) is 0.811. The zero-order valence-electron chi connectivity index (χ0n) is 10.8. The summed E-state index contributed by atoms with van der Waals surface area (Å²) in [4.78, 5) is 0. The maximum atomic E-state index is 6.09. The van der Waals surface area contributed by atoms with Crippen molar-refractivity contribution in [1.29, 1.82) is 0 Å². The van der Waals surface area contributed by atoms with Crippen LogP contribution >= 0.6 is 11.6 Å². The second kappa shape index (κ2) is 5.14. The average molecular weight is 271 g/mol. The van der Waals surface area contributed by atoms with Gasteiger partial charge >= 0.3 is 0 Å². The summed E-state index contributed by atoms with van der Waals surface area (Å²) in [6.45, 7) is 2.23. The van der Waals surface area contributed by atoms with Crippen LogP contribution in [-0.4, -0.2) is 10.2 Å². The molecule has 3 heteroatoms. The van der Waals surface area contributed by atoms with Crippen molar-refractivity contribution in [2.75, 3.05) is 0 Å². The molecule has 1 aromatic heterocycles. The fourth-order valence-corrected chi connectivity index (χ4v) is 2.69. The minimum atomic E-state index is 0.473. The Kier molecular flexibility index (Phi) is 3.34. The van der Waals surface area contributed by atoms with Gasteiger partial charge in [0.15, 0.2) is 5.15 Å². The van der Waals surface area contributed by atoms with Crippen LogP contribution in [-0.2, 0) is 6.42 Å². The molecule has 1 aliphatic rings. The number of hydrogen-bond donors (Lipinski definition) is 0. The standard InChI is InChI=1S/C16H15ClN2/c1-11-5-4-6-12(9-11)10-15-13-7-2-3-8-14(13)16(17)19-18-15/h2-4,6-9,11H,5,10H2,1H3. The highest BCUT2D eigenvalue weighted by atomic mass is 35.5. The van der Waals surface area contributed by atoms with Gasteiger partial charge in [-0.15, -0.1) is 5.10 Å². The maximum Gasteiger partial charge on any atom is 0.159 e. The molecule has 0 saturated heterocycles. The topological polar surface area (TPSA) is 25.8 Å². The van der Waals surface area contributed by atoms with Crippen LogP contribution in [0.15, 0.2) is 48.1 Å². The molecule has 1 aliphatic carbocycles. The van der Waals surface area contributed by atoms with E-state index in [1.54, 1.807) is 0 Å². The van der Waals surface area contributed by atoms with Crippen molar-refractivity contribution in [2.45, 2.75) is 19.8 Å². The molecule has 2 nitrogen and oxygen atoms in total. The average Bonchev–Trinajstić information content (AvgIpc) is 2.42. The van der Waals surface area contributed by atoms with Gasteiger partial charge in [0.1, 0.15) is 0 Å². The number of hydrogen-bond acceptors (Lipinski definition) is 2. The number of rotatable bonds is 2. The summed E-state index contributed by atoms with van der Waals surface area (Å²) in [7, 11) is 0. The van der Waals surface area contributed by atoms with Crippen molar-refractivity contribution in [3.8, 4) is 0 Å². The number of allylic oxidation sites excluding steroid dienone is 4. The molecule has 0 amide bonds. The molecular weight excluding hydrogens is 256 g/mol. The van der Waals surface area contributed by atoms with E-state index < -0.39 is 0 Å². The van der Waals surface area contributed by atoms with Gasteiger partial charge in [0.2, 0.25) is 0 Å². The minimum Gasteiger partial charge on any atom is -0.153 e. The van der Waals surface area contributed by atoms with Gasteiger partial charge in [-0.2, -0.15) is 5.10 Å². The van der Waals surface area contributed by atoms with E-state index in [4.69, 9.17) is 11.6 Å². The Labute approximate surface area is 117 Å². The van der Waals surface area contributed by atoms with E-state index in [0.29, 0.717) is 11.1 Å². The van der Waals surface area contributed by atoms with Gasteiger partial charge in [0.25, 0.3) is 0 Å². The first-order valence-corrected chi connectivity index (χ1v) is 6.89. The molecule has 1 heterocycles. The van der Waals surface area contributed by atoms with Gasteiger partial charge in [-0.1, -0.05) is 61.0 Å². The molecule has 2 aromatic rings. The van der Waals surface area contributed by atoms with Crippen molar-refractivity contribution in [1.82, 2.24) is 10.2 Å². The largest absolute Gasteiger partial charge is 0.159 e. The number of nitrogens with zero attached hydrogens (tertiary/aromatic N) is 2. The Morgan fingerprint density at radius 2 is 2.00 bits per heavy atom. The third-order valence-corrected chi connectivity index (χ3v) is 3.71. The molecule has 19 heavy (non-hydrogen) atoms. The molecule has 0 aliphatic heterocycles. The minimum absolute atomic E-state index is 0.473. The molecular formula is C16H15ClN2. The van der Waals surface area contributed by atoms with Crippen LogP contribution in [0.2, 0.25) is 5.15 Å². The Morgan fingerprint density at radius 3 is 2.79 bits per heavy atom. The molecule has 0 radical (unpaired) electrons. The van der Waals surface area contributed by atoms with E-state index in [2.05, 4.69) is 41.4 Å². The lowest BCUT2D eigenvalue weighted by atomic mass is 9.94. The first-order chi connectivity index (χ1) is 9.24. The van der Waals surface area contributed by atoms with Crippen LogP contribution in [0.4, 0.5) is 0 Å². The zero-order chi connectivity index (χ0) is 13.2. The van der Waals surface area contributed by atoms with Crippen molar-refractivity contribution >= 4 is 22.4 Å². The normalized spacial score (nSPS) is 18.6. The van der Waals surface area contributed by atoms with Crippen LogP contribution in [0.25, 0.3) is 10.8 Å². The predicted molar refractivity (Wildman–Crippen MR) is 79.3 cm³/mol. The number of aromatic nitrogens is 2. The SMILES string of the molecule is CC1C=C(Cc2nnc(Cl)c3ccccc23)C=CC1. The lowest BCUT2D eigenvalue weighted by molar-refractivity contribution is 0.724. The summed E-state index contributed by atoms with van der Waals surface area (Å²) in [5.74, 6) is 0.603. The maximum absolute atomic E-state index is 6.09. The van der Waals surface area contributed by atoms with Crippen LogP contribution in [0.5, 0.6) is 0 Å². The van der Waals surface area contributed by atoms with Crippen molar-refractivity contribution < 1.29 is 0 Å². The van der Waals surface area contributed by atoms with Crippen LogP contribution in [0.3, 0.4) is 0 Å². The molecule has 1 aromatic carbocycles. The summed E-state index contributed by atoms with van der Waals surface area (Å²) >= 11 is 6.09. The number of fused-ring (bicyclic) bond motifs is 1. The molecule has 1 unspecified atom stereocenters. The molecule has 0 bridgehead atoms. The van der Waals surface area contributed by atoms with Crippen LogP contribution in [0.1, 0.15) is 19.0 Å². The summed E-state index contributed by atoms with van der Waals surface area (Å²) in [6, 6.07) is 8.03. The van der Waals surface area contributed by atoms with E-state index in [0.717, 1.165) is 29.3 Å². The monoisotopic (exact) mass is 270 g/mol. The van der Waals surface area contributed by atoms with Gasteiger partial charge in [0, 0.05) is 17.2 Å². The lowest BCUT2D eigenvalue weighted by Crippen LogP contribution is -2.01. The van der Waals surface area contributed by atoms with Gasteiger partial charge in [0.05, 0.1) is 5.69 Å². The fourth-order valence-electron chi connectivity index (χ4n) is 2.49. The highest BCUT2D eigenvalue weighted by Crippen LogP contribution is 2.26. The highest BCUT2D eigenvalue weighted by molar-refractivity contribution is 6.34. The van der Waals surface area contributed by atoms with Gasteiger partial charge < -0.3 is 0 Å². The van der Waals surface area contributed by atoms with Crippen LogP contribution < -0.4 is 0 Å². The molecule has 0 N–H and O–H groups in total. The third kappa shape index (κ3) is 2.54. The molecule has 1 atom stereocenters. The van der Waals surface area contributed by atoms with E-state index >= 15 is 0 Å². The van der Waals surface area contributed by atoms with Crippen molar-refractivity contribution in [3.05, 3.63) is 58.9 Å². The Hall–Kier alpha value is -1.67. The van der Waals surface area contributed by atoms with Crippen molar-refractivity contribution in [2.24, 2.45) is 5.92 Å². The third-order valence-electron chi connectivity index (χ3n) is 3.43. The van der Waals surface area contributed by atoms with E-state index in [9.17, 15) is 0 Å².